The van der Waals surface area contributed by atoms with Gasteiger partial charge < -0.3 is 5.32 Å². The Morgan fingerprint density at radius 3 is 2.58 bits per heavy atom. The van der Waals surface area contributed by atoms with Crippen molar-refractivity contribution in [2.75, 3.05) is 19.6 Å². The summed E-state index contributed by atoms with van der Waals surface area (Å²) in [7, 11) is 0. The fourth-order valence-electron chi connectivity index (χ4n) is 2.99. The average Bonchev–Trinajstić information content (AvgIpc) is 3.00. The average molecular weight is 345 g/mol. The van der Waals surface area contributed by atoms with Gasteiger partial charge in [0.15, 0.2) is 0 Å². The van der Waals surface area contributed by atoms with E-state index in [4.69, 9.17) is 0 Å². The van der Waals surface area contributed by atoms with Crippen LogP contribution in [0.5, 0.6) is 0 Å². The van der Waals surface area contributed by atoms with Crippen molar-refractivity contribution in [3.05, 3.63) is 20.8 Å². The minimum atomic E-state index is 0.225. The molecule has 1 fully saturated rings. The summed E-state index contributed by atoms with van der Waals surface area (Å²) >= 11 is 5.42. The zero-order valence-electron chi connectivity index (χ0n) is 12.2. The van der Waals surface area contributed by atoms with Crippen LogP contribution < -0.4 is 5.32 Å². The molecule has 4 heteroatoms. The van der Waals surface area contributed by atoms with Gasteiger partial charge in [-0.05, 0) is 80.8 Å². The van der Waals surface area contributed by atoms with E-state index < -0.39 is 0 Å². The topological polar surface area (TPSA) is 15.3 Å². The molecule has 2 nitrogen and oxygen atoms in total. The van der Waals surface area contributed by atoms with Gasteiger partial charge in [0, 0.05) is 16.5 Å². The minimum absolute atomic E-state index is 0.225. The smallest absolute Gasteiger partial charge is 0.0701 e. The maximum Gasteiger partial charge on any atom is 0.0701 e. The molecule has 1 aromatic rings. The van der Waals surface area contributed by atoms with E-state index in [0.717, 1.165) is 13.0 Å². The van der Waals surface area contributed by atoms with Crippen LogP contribution in [-0.2, 0) is 6.42 Å². The second kappa shape index (κ2) is 6.70. The molecule has 0 spiro atoms. The summed E-state index contributed by atoms with van der Waals surface area (Å²) in [6.45, 7) is 10.5. The summed E-state index contributed by atoms with van der Waals surface area (Å²) in [4.78, 5) is 4.12. The number of rotatable bonds is 6. The van der Waals surface area contributed by atoms with Crippen molar-refractivity contribution in [3.8, 4) is 0 Å². The van der Waals surface area contributed by atoms with Gasteiger partial charge in [0.1, 0.15) is 0 Å². The van der Waals surface area contributed by atoms with E-state index in [0.29, 0.717) is 6.04 Å². The third-order valence-electron chi connectivity index (χ3n) is 4.26. The Bertz CT molecular complexity index is 397. The normalized spacial score (nSPS) is 18.9. The Labute approximate surface area is 129 Å². The lowest BCUT2D eigenvalue weighted by Crippen LogP contribution is -2.57. The monoisotopic (exact) mass is 344 g/mol. The maximum absolute atomic E-state index is 3.71. The molecular formula is C15H25BrN2S. The van der Waals surface area contributed by atoms with Crippen molar-refractivity contribution < 1.29 is 0 Å². The van der Waals surface area contributed by atoms with Crippen LogP contribution in [0.15, 0.2) is 15.9 Å². The number of likely N-dealkylation sites (N-methyl/N-ethyl adjacent to an activating group) is 1. The first-order chi connectivity index (χ1) is 9.04. The van der Waals surface area contributed by atoms with Gasteiger partial charge in [0.05, 0.1) is 3.79 Å². The third kappa shape index (κ3) is 3.81. The number of hydrogen-bond donors (Lipinski definition) is 1. The number of likely N-dealkylation sites (tertiary alicyclic amines) is 1. The largest absolute Gasteiger partial charge is 0.312 e. The molecule has 1 aliphatic heterocycles. The Balaban J connectivity index is 2.09. The molecule has 0 aliphatic carbocycles. The van der Waals surface area contributed by atoms with Crippen LogP contribution in [0, 0.1) is 0 Å². The number of nitrogens with zero attached hydrogens (tertiary/aromatic N) is 1. The molecule has 108 valence electrons. The Morgan fingerprint density at radius 1 is 1.37 bits per heavy atom. The zero-order valence-corrected chi connectivity index (χ0v) is 14.6. The maximum atomic E-state index is 3.71. The molecule has 1 atom stereocenters. The van der Waals surface area contributed by atoms with Gasteiger partial charge in [0.25, 0.3) is 0 Å². The first kappa shape index (κ1) is 15.5. The summed E-state index contributed by atoms with van der Waals surface area (Å²) in [6, 6.07) is 4.92. The van der Waals surface area contributed by atoms with E-state index in [1.807, 2.05) is 11.3 Å². The number of thiophene rings is 1. The molecule has 1 unspecified atom stereocenters. The van der Waals surface area contributed by atoms with E-state index >= 15 is 0 Å². The van der Waals surface area contributed by atoms with Crippen molar-refractivity contribution in [3.63, 3.8) is 0 Å². The predicted octanol–water partition coefficient (Wildman–Crippen LogP) is 3.91. The molecule has 1 aromatic heterocycles. The van der Waals surface area contributed by atoms with Crippen LogP contribution in [0.1, 0.15) is 38.5 Å². The first-order valence-corrected chi connectivity index (χ1v) is 8.87. The fraction of sp³-hybridized carbons (Fsp3) is 0.733. The van der Waals surface area contributed by atoms with Crippen LogP contribution in [0.4, 0.5) is 0 Å². The highest BCUT2D eigenvalue weighted by atomic mass is 79.9. The standard InChI is InChI=1S/C15H25BrN2S/c1-4-17-13(11-12-7-8-14(16)19-12)15(2,3)18-9-5-6-10-18/h7-8,13,17H,4-6,9-11H2,1-3H3. The van der Waals surface area contributed by atoms with Crippen LogP contribution >= 0.6 is 27.3 Å². The Kier molecular flexibility index (Phi) is 5.46. The van der Waals surface area contributed by atoms with Gasteiger partial charge in [-0.25, -0.2) is 0 Å². The van der Waals surface area contributed by atoms with E-state index in [-0.39, 0.29) is 5.54 Å². The number of halogens is 1. The van der Waals surface area contributed by atoms with Crippen molar-refractivity contribution in [2.24, 2.45) is 0 Å². The second-order valence-electron chi connectivity index (χ2n) is 5.87. The second-order valence-corrected chi connectivity index (χ2v) is 8.42. The lowest BCUT2D eigenvalue weighted by atomic mass is 9.89. The highest BCUT2D eigenvalue weighted by Crippen LogP contribution is 2.29. The fourth-order valence-corrected chi connectivity index (χ4v) is 4.52. The molecule has 0 radical (unpaired) electrons. The van der Waals surface area contributed by atoms with Crippen molar-refractivity contribution in [1.82, 2.24) is 10.2 Å². The van der Waals surface area contributed by atoms with Crippen molar-refractivity contribution >= 4 is 27.3 Å². The molecule has 0 saturated carbocycles. The van der Waals surface area contributed by atoms with Crippen LogP contribution in [-0.4, -0.2) is 36.1 Å². The van der Waals surface area contributed by atoms with Gasteiger partial charge in [0.2, 0.25) is 0 Å². The van der Waals surface area contributed by atoms with Crippen LogP contribution in [0.3, 0.4) is 0 Å². The summed E-state index contributed by atoms with van der Waals surface area (Å²) in [5.74, 6) is 0. The Hall–Kier alpha value is 0.1000. The summed E-state index contributed by atoms with van der Waals surface area (Å²) < 4.78 is 1.23. The lowest BCUT2D eigenvalue weighted by molar-refractivity contribution is 0.107. The number of nitrogens with one attached hydrogen (secondary N) is 1. The highest BCUT2D eigenvalue weighted by molar-refractivity contribution is 9.11. The SMILES string of the molecule is CCNC(Cc1ccc(Br)s1)C(C)(C)N1CCCC1. The molecule has 0 amide bonds. The van der Waals surface area contributed by atoms with Gasteiger partial charge >= 0.3 is 0 Å². The van der Waals surface area contributed by atoms with Crippen molar-refractivity contribution in [1.29, 1.82) is 0 Å². The molecular weight excluding hydrogens is 320 g/mol. The summed E-state index contributed by atoms with van der Waals surface area (Å²) in [5.41, 5.74) is 0.225. The van der Waals surface area contributed by atoms with E-state index in [1.54, 1.807) is 0 Å². The third-order valence-corrected chi connectivity index (χ3v) is 5.90. The van der Waals surface area contributed by atoms with E-state index in [2.05, 4.69) is 59.1 Å². The van der Waals surface area contributed by atoms with Crippen LogP contribution in [0.2, 0.25) is 0 Å². The van der Waals surface area contributed by atoms with Crippen molar-refractivity contribution in [2.45, 2.75) is 51.6 Å². The molecule has 19 heavy (non-hydrogen) atoms. The molecule has 2 heterocycles. The van der Waals surface area contributed by atoms with E-state index in [1.165, 1.54) is 34.6 Å². The quantitative estimate of drug-likeness (QED) is 0.841. The van der Waals surface area contributed by atoms with Gasteiger partial charge in [-0.1, -0.05) is 6.92 Å². The van der Waals surface area contributed by atoms with E-state index in [9.17, 15) is 0 Å². The lowest BCUT2D eigenvalue weighted by Gasteiger charge is -2.42. The molecule has 1 saturated heterocycles. The zero-order chi connectivity index (χ0) is 13.9. The molecule has 0 aromatic carbocycles. The predicted molar refractivity (Wildman–Crippen MR) is 88.1 cm³/mol. The first-order valence-electron chi connectivity index (χ1n) is 7.26. The number of hydrogen-bond acceptors (Lipinski definition) is 3. The van der Waals surface area contributed by atoms with Gasteiger partial charge in [-0.15, -0.1) is 11.3 Å². The molecule has 1 aliphatic rings. The molecule has 0 bridgehead atoms. The minimum Gasteiger partial charge on any atom is -0.312 e. The summed E-state index contributed by atoms with van der Waals surface area (Å²) in [6.07, 6.45) is 3.83. The molecule has 2 rings (SSSR count). The highest BCUT2D eigenvalue weighted by Gasteiger charge is 2.36. The van der Waals surface area contributed by atoms with Gasteiger partial charge in [-0.2, -0.15) is 0 Å². The molecule has 1 N–H and O–H groups in total. The van der Waals surface area contributed by atoms with Gasteiger partial charge in [-0.3, -0.25) is 4.90 Å². The van der Waals surface area contributed by atoms with Crippen LogP contribution in [0.25, 0.3) is 0 Å². The Morgan fingerprint density at radius 2 is 2.05 bits per heavy atom. The summed E-state index contributed by atoms with van der Waals surface area (Å²) in [5, 5.41) is 3.71.